The zero-order valence-corrected chi connectivity index (χ0v) is 17.9. The Labute approximate surface area is 170 Å². The molecule has 2 aliphatic rings. The minimum Gasteiger partial charge on any atom is -0.298 e. The highest BCUT2D eigenvalue weighted by Gasteiger charge is 2.59. The fourth-order valence-electron chi connectivity index (χ4n) is 5.67. The van der Waals surface area contributed by atoms with E-state index < -0.39 is 0 Å². The SMILES string of the molecule is Cc1ccc(C(C)C2(C(=O)C3(C(C)c4ccc(C)cc4)CCC3)CCC2)cc1. The first-order valence-corrected chi connectivity index (χ1v) is 11.1. The average Bonchev–Trinajstić information content (AvgIpc) is 2.61. The van der Waals surface area contributed by atoms with Gasteiger partial charge < -0.3 is 0 Å². The van der Waals surface area contributed by atoms with E-state index in [2.05, 4.69) is 76.2 Å². The number of aryl methyl sites for hydroxylation is 2. The number of rotatable bonds is 6. The summed E-state index contributed by atoms with van der Waals surface area (Å²) in [6, 6.07) is 17.7. The van der Waals surface area contributed by atoms with E-state index in [-0.39, 0.29) is 10.8 Å². The zero-order valence-electron chi connectivity index (χ0n) is 17.9. The Kier molecular flexibility index (Phi) is 4.98. The molecule has 2 unspecified atom stereocenters. The van der Waals surface area contributed by atoms with Crippen molar-refractivity contribution in [3.8, 4) is 0 Å². The third kappa shape index (κ3) is 2.95. The molecule has 1 nitrogen and oxygen atoms in total. The van der Waals surface area contributed by atoms with Crippen molar-refractivity contribution in [2.75, 3.05) is 0 Å². The summed E-state index contributed by atoms with van der Waals surface area (Å²) in [6.45, 7) is 8.85. The number of hydrogen-bond donors (Lipinski definition) is 0. The monoisotopic (exact) mass is 374 g/mol. The predicted octanol–water partition coefficient (Wildman–Crippen LogP) is 7.12. The summed E-state index contributed by atoms with van der Waals surface area (Å²) in [4.78, 5) is 14.2. The molecule has 0 spiro atoms. The van der Waals surface area contributed by atoms with Gasteiger partial charge in [-0.25, -0.2) is 0 Å². The molecule has 2 atom stereocenters. The standard InChI is InChI=1S/C27H34O/c1-19-7-11-23(12-8-19)21(3)26(15-5-16-26)25(28)27(17-6-18-27)22(4)24-13-9-20(2)10-14-24/h7-14,21-22H,5-6,15-18H2,1-4H3. The third-order valence-electron chi connectivity index (χ3n) is 8.21. The minimum absolute atomic E-state index is 0.158. The van der Waals surface area contributed by atoms with Crippen LogP contribution in [-0.2, 0) is 4.79 Å². The molecule has 28 heavy (non-hydrogen) atoms. The van der Waals surface area contributed by atoms with Gasteiger partial charge in [-0.15, -0.1) is 0 Å². The van der Waals surface area contributed by atoms with Crippen molar-refractivity contribution in [1.82, 2.24) is 0 Å². The van der Waals surface area contributed by atoms with Crippen LogP contribution in [0.3, 0.4) is 0 Å². The van der Waals surface area contributed by atoms with Crippen molar-refractivity contribution in [1.29, 1.82) is 0 Å². The second-order valence-corrected chi connectivity index (χ2v) is 9.61. The summed E-state index contributed by atoms with van der Waals surface area (Å²) in [7, 11) is 0. The molecule has 148 valence electrons. The van der Waals surface area contributed by atoms with Gasteiger partial charge in [-0.1, -0.05) is 86.3 Å². The average molecular weight is 375 g/mol. The molecule has 0 N–H and O–H groups in total. The molecule has 0 aromatic heterocycles. The van der Waals surface area contributed by atoms with Crippen LogP contribution in [0.4, 0.5) is 0 Å². The van der Waals surface area contributed by atoms with Gasteiger partial charge in [0.25, 0.3) is 0 Å². The van der Waals surface area contributed by atoms with Crippen molar-refractivity contribution >= 4 is 5.78 Å². The van der Waals surface area contributed by atoms with Crippen molar-refractivity contribution in [3.63, 3.8) is 0 Å². The first-order chi connectivity index (χ1) is 13.4. The van der Waals surface area contributed by atoms with Crippen LogP contribution in [0.25, 0.3) is 0 Å². The normalized spacial score (nSPS) is 21.9. The molecule has 0 bridgehead atoms. The molecule has 0 saturated heterocycles. The molecule has 2 fully saturated rings. The van der Waals surface area contributed by atoms with Gasteiger partial charge in [0.1, 0.15) is 5.78 Å². The second-order valence-electron chi connectivity index (χ2n) is 9.61. The fraction of sp³-hybridized carbons (Fsp3) is 0.519. The predicted molar refractivity (Wildman–Crippen MR) is 117 cm³/mol. The third-order valence-corrected chi connectivity index (χ3v) is 8.21. The number of ketones is 1. The van der Waals surface area contributed by atoms with E-state index in [1.54, 1.807) is 0 Å². The molecule has 2 aromatic rings. The number of Topliss-reactive ketones (excluding diaryl/α,β-unsaturated/α-hetero) is 1. The summed E-state index contributed by atoms with van der Waals surface area (Å²) in [6.07, 6.45) is 6.62. The van der Waals surface area contributed by atoms with Crippen LogP contribution >= 0.6 is 0 Å². The quantitative estimate of drug-likeness (QED) is 0.526. The van der Waals surface area contributed by atoms with E-state index in [4.69, 9.17) is 0 Å². The van der Waals surface area contributed by atoms with Crippen LogP contribution in [0.5, 0.6) is 0 Å². The molecule has 2 aliphatic carbocycles. The summed E-state index contributed by atoms with van der Waals surface area (Å²) < 4.78 is 0. The number of carbonyl (C=O) groups excluding carboxylic acids is 1. The lowest BCUT2D eigenvalue weighted by atomic mass is 9.46. The molecular formula is C27H34O. The largest absolute Gasteiger partial charge is 0.298 e. The van der Waals surface area contributed by atoms with Gasteiger partial charge in [0.15, 0.2) is 0 Å². The highest BCUT2D eigenvalue weighted by Crippen LogP contribution is 2.62. The lowest BCUT2D eigenvalue weighted by molar-refractivity contribution is -0.153. The van der Waals surface area contributed by atoms with Crippen molar-refractivity contribution in [3.05, 3.63) is 70.8 Å². The van der Waals surface area contributed by atoms with Crippen LogP contribution in [-0.4, -0.2) is 5.78 Å². The van der Waals surface area contributed by atoms with Crippen LogP contribution < -0.4 is 0 Å². The van der Waals surface area contributed by atoms with E-state index >= 15 is 0 Å². The molecular weight excluding hydrogens is 340 g/mol. The molecule has 4 rings (SSSR count). The van der Waals surface area contributed by atoms with E-state index in [1.807, 2.05) is 0 Å². The first-order valence-electron chi connectivity index (χ1n) is 11.1. The van der Waals surface area contributed by atoms with Crippen LogP contribution in [0, 0.1) is 24.7 Å². The van der Waals surface area contributed by atoms with Crippen molar-refractivity contribution in [2.24, 2.45) is 10.8 Å². The number of carbonyl (C=O) groups is 1. The van der Waals surface area contributed by atoms with Crippen LogP contribution in [0.1, 0.15) is 86.5 Å². The Bertz CT molecular complexity index is 763. The Hall–Kier alpha value is -1.89. The molecule has 0 radical (unpaired) electrons. The van der Waals surface area contributed by atoms with E-state index in [9.17, 15) is 4.79 Å². The Morgan fingerprint density at radius 2 is 1.00 bits per heavy atom. The molecule has 0 heterocycles. The fourth-order valence-corrected chi connectivity index (χ4v) is 5.67. The maximum Gasteiger partial charge on any atom is 0.146 e. The topological polar surface area (TPSA) is 17.1 Å². The first kappa shape index (κ1) is 19.4. The van der Waals surface area contributed by atoms with Gasteiger partial charge >= 0.3 is 0 Å². The summed E-state index contributed by atoms with van der Waals surface area (Å²) in [5.74, 6) is 1.17. The van der Waals surface area contributed by atoms with Gasteiger partial charge in [-0.2, -0.15) is 0 Å². The van der Waals surface area contributed by atoms with E-state index in [0.717, 1.165) is 25.7 Å². The van der Waals surface area contributed by atoms with Gasteiger partial charge in [0, 0.05) is 10.8 Å². The van der Waals surface area contributed by atoms with Gasteiger partial charge in [0.2, 0.25) is 0 Å². The van der Waals surface area contributed by atoms with Gasteiger partial charge in [-0.05, 0) is 62.5 Å². The lowest BCUT2D eigenvalue weighted by Gasteiger charge is -2.55. The zero-order chi connectivity index (χ0) is 19.9. The highest BCUT2D eigenvalue weighted by molar-refractivity contribution is 5.93. The van der Waals surface area contributed by atoms with Crippen molar-refractivity contribution in [2.45, 2.75) is 78.1 Å². The Balaban J connectivity index is 1.66. The van der Waals surface area contributed by atoms with Crippen LogP contribution in [0.15, 0.2) is 48.5 Å². The van der Waals surface area contributed by atoms with E-state index in [0.29, 0.717) is 17.6 Å². The summed E-state index contributed by atoms with van der Waals surface area (Å²) in [5.41, 5.74) is 4.91. The van der Waals surface area contributed by atoms with Gasteiger partial charge in [-0.3, -0.25) is 4.79 Å². The Morgan fingerprint density at radius 3 is 1.25 bits per heavy atom. The number of benzene rings is 2. The van der Waals surface area contributed by atoms with Crippen molar-refractivity contribution < 1.29 is 4.79 Å². The summed E-state index contributed by atoms with van der Waals surface area (Å²) >= 11 is 0. The smallest absolute Gasteiger partial charge is 0.146 e. The minimum atomic E-state index is -0.158. The Morgan fingerprint density at radius 1 is 0.679 bits per heavy atom. The van der Waals surface area contributed by atoms with Crippen LogP contribution in [0.2, 0.25) is 0 Å². The summed E-state index contributed by atoms with van der Waals surface area (Å²) in [5, 5.41) is 0. The number of hydrogen-bond acceptors (Lipinski definition) is 1. The molecule has 1 heteroatoms. The molecule has 2 saturated carbocycles. The maximum absolute atomic E-state index is 14.2. The maximum atomic E-state index is 14.2. The molecule has 0 aliphatic heterocycles. The van der Waals surface area contributed by atoms with Gasteiger partial charge in [0.05, 0.1) is 0 Å². The highest BCUT2D eigenvalue weighted by atomic mass is 16.1. The molecule has 0 amide bonds. The molecule has 2 aromatic carbocycles. The van der Waals surface area contributed by atoms with E-state index in [1.165, 1.54) is 35.1 Å². The lowest BCUT2D eigenvalue weighted by Crippen LogP contribution is -2.54. The second kappa shape index (κ2) is 7.17.